The Morgan fingerprint density at radius 3 is 2.52 bits per heavy atom. The normalized spacial score (nSPS) is 11.5. The van der Waals surface area contributed by atoms with Gasteiger partial charge < -0.3 is 5.32 Å². The average Bonchev–Trinajstić information content (AvgIpc) is 2.82. The van der Waals surface area contributed by atoms with E-state index in [1.165, 1.54) is 25.2 Å². The first-order valence-corrected chi connectivity index (χ1v) is 6.33. The number of nitrogens with one attached hydrogen (secondary N) is 1. The van der Waals surface area contributed by atoms with Gasteiger partial charge in [-0.3, -0.25) is 9.36 Å². The first-order valence-electron chi connectivity index (χ1n) is 5.57. The quantitative estimate of drug-likeness (QED) is 0.910. The number of halogens is 5. The predicted molar refractivity (Wildman–Crippen MR) is 72.0 cm³/mol. The number of carbonyl (C=O) groups excluding carboxylic acids is 1. The van der Waals surface area contributed by atoms with Gasteiger partial charge in [-0.25, -0.2) is 4.98 Å². The van der Waals surface area contributed by atoms with E-state index < -0.39 is 23.5 Å². The molecule has 0 fully saturated rings. The van der Waals surface area contributed by atoms with Crippen molar-refractivity contribution >= 4 is 29.1 Å². The number of nitrogens with zero attached hydrogens (tertiary/aromatic N) is 2. The van der Waals surface area contributed by atoms with E-state index in [0.717, 1.165) is 6.33 Å². The smallest absolute Gasteiger partial charge is 0.354 e. The summed E-state index contributed by atoms with van der Waals surface area (Å²) in [5.41, 5.74) is -1.90. The monoisotopic (exact) mass is 337 g/mol. The maximum Gasteiger partial charge on any atom is 0.434 e. The zero-order valence-electron chi connectivity index (χ0n) is 10.5. The van der Waals surface area contributed by atoms with Gasteiger partial charge in [-0.1, -0.05) is 23.2 Å². The molecule has 0 aliphatic carbocycles. The highest BCUT2D eigenvalue weighted by Crippen LogP contribution is 2.35. The van der Waals surface area contributed by atoms with Crippen LogP contribution in [0.25, 0.3) is 5.69 Å². The SMILES string of the molecule is CNC(=O)c1ncn(-c2ccc(Cl)cc2Cl)c1C(F)(F)F. The molecule has 4 nitrogen and oxygen atoms in total. The van der Waals surface area contributed by atoms with Crippen LogP contribution in [0.2, 0.25) is 10.0 Å². The summed E-state index contributed by atoms with van der Waals surface area (Å²) in [6.07, 6.45) is -3.89. The van der Waals surface area contributed by atoms with Gasteiger partial charge >= 0.3 is 6.18 Å². The van der Waals surface area contributed by atoms with Crippen LogP contribution in [-0.2, 0) is 6.18 Å². The first kappa shape index (κ1) is 15.7. The maximum atomic E-state index is 13.2. The summed E-state index contributed by atoms with van der Waals surface area (Å²) in [5.74, 6) is -0.939. The van der Waals surface area contributed by atoms with Crippen molar-refractivity contribution in [1.82, 2.24) is 14.9 Å². The number of hydrogen-bond acceptors (Lipinski definition) is 2. The van der Waals surface area contributed by atoms with Crippen molar-refractivity contribution in [2.75, 3.05) is 7.05 Å². The van der Waals surface area contributed by atoms with E-state index in [1.54, 1.807) is 0 Å². The minimum atomic E-state index is -4.78. The van der Waals surface area contributed by atoms with Crippen molar-refractivity contribution in [1.29, 1.82) is 0 Å². The van der Waals surface area contributed by atoms with Crippen molar-refractivity contribution in [3.05, 3.63) is 46.0 Å². The second-order valence-electron chi connectivity index (χ2n) is 3.98. The zero-order chi connectivity index (χ0) is 15.8. The van der Waals surface area contributed by atoms with Crippen LogP contribution in [0.4, 0.5) is 13.2 Å². The fourth-order valence-electron chi connectivity index (χ4n) is 1.76. The molecule has 2 aromatic rings. The molecule has 1 N–H and O–H groups in total. The first-order chi connectivity index (χ1) is 9.75. The molecule has 0 unspecified atom stereocenters. The summed E-state index contributed by atoms with van der Waals surface area (Å²) in [7, 11) is 1.22. The second-order valence-corrected chi connectivity index (χ2v) is 4.83. The third-order valence-corrected chi connectivity index (χ3v) is 3.19. The van der Waals surface area contributed by atoms with Crippen molar-refractivity contribution in [3.63, 3.8) is 0 Å². The van der Waals surface area contributed by atoms with Crippen LogP contribution >= 0.6 is 23.2 Å². The topological polar surface area (TPSA) is 46.9 Å². The van der Waals surface area contributed by atoms with Gasteiger partial charge in [0.25, 0.3) is 5.91 Å². The van der Waals surface area contributed by atoms with Gasteiger partial charge in [-0.2, -0.15) is 13.2 Å². The zero-order valence-corrected chi connectivity index (χ0v) is 12.0. The molecule has 0 atom stereocenters. The van der Waals surface area contributed by atoms with E-state index in [0.29, 0.717) is 4.57 Å². The number of amides is 1. The van der Waals surface area contributed by atoms with Gasteiger partial charge in [-0.05, 0) is 18.2 Å². The molecule has 1 aromatic heterocycles. The van der Waals surface area contributed by atoms with E-state index in [2.05, 4.69) is 10.3 Å². The highest BCUT2D eigenvalue weighted by atomic mass is 35.5. The molecule has 1 amide bonds. The number of alkyl halides is 3. The van der Waals surface area contributed by atoms with Gasteiger partial charge in [0.15, 0.2) is 11.4 Å². The Balaban J connectivity index is 2.70. The Morgan fingerprint density at radius 2 is 2.00 bits per heavy atom. The Labute approximate surface area is 127 Å². The minimum absolute atomic E-state index is 0.00820. The number of rotatable bonds is 2. The van der Waals surface area contributed by atoms with Gasteiger partial charge in [0, 0.05) is 12.1 Å². The van der Waals surface area contributed by atoms with Crippen LogP contribution in [0.3, 0.4) is 0 Å². The second kappa shape index (κ2) is 5.57. The molecular formula is C12H8Cl2F3N3O. The van der Waals surface area contributed by atoms with Crippen molar-refractivity contribution in [2.45, 2.75) is 6.18 Å². The summed E-state index contributed by atoms with van der Waals surface area (Å²) >= 11 is 11.6. The lowest BCUT2D eigenvalue weighted by atomic mass is 10.2. The fourth-order valence-corrected chi connectivity index (χ4v) is 2.26. The minimum Gasteiger partial charge on any atom is -0.354 e. The summed E-state index contributed by atoms with van der Waals surface area (Å²) in [6.45, 7) is 0. The lowest BCUT2D eigenvalue weighted by Crippen LogP contribution is -2.24. The van der Waals surface area contributed by atoms with Crippen LogP contribution in [0.15, 0.2) is 24.5 Å². The molecular weight excluding hydrogens is 330 g/mol. The molecule has 0 bridgehead atoms. The molecule has 0 radical (unpaired) electrons. The molecule has 2 rings (SSSR count). The van der Waals surface area contributed by atoms with E-state index >= 15 is 0 Å². The molecule has 0 aliphatic rings. The predicted octanol–water partition coefficient (Wildman–Crippen LogP) is 3.56. The van der Waals surface area contributed by atoms with E-state index in [-0.39, 0.29) is 15.7 Å². The van der Waals surface area contributed by atoms with E-state index in [9.17, 15) is 18.0 Å². The lowest BCUT2D eigenvalue weighted by Gasteiger charge is -2.13. The van der Waals surface area contributed by atoms with Crippen LogP contribution < -0.4 is 5.32 Å². The molecule has 1 aromatic carbocycles. The number of carbonyl (C=O) groups is 1. The van der Waals surface area contributed by atoms with Crippen LogP contribution in [0.1, 0.15) is 16.2 Å². The summed E-state index contributed by atoms with van der Waals surface area (Å²) in [5, 5.41) is 2.40. The Kier molecular flexibility index (Phi) is 4.15. The van der Waals surface area contributed by atoms with Gasteiger partial charge in [0.2, 0.25) is 0 Å². The standard InChI is InChI=1S/C12H8Cl2F3N3O/c1-18-11(21)9-10(12(15,16)17)20(5-19-9)8-3-2-6(13)4-7(8)14/h2-5H,1H3,(H,18,21). The molecule has 0 saturated carbocycles. The molecule has 1 heterocycles. The van der Waals surface area contributed by atoms with Crippen LogP contribution in [0.5, 0.6) is 0 Å². The van der Waals surface area contributed by atoms with Gasteiger partial charge in [0.05, 0.1) is 10.7 Å². The Hall–Kier alpha value is -1.73. The van der Waals surface area contributed by atoms with Crippen molar-refractivity contribution in [3.8, 4) is 5.69 Å². The third kappa shape index (κ3) is 2.98. The summed E-state index contributed by atoms with van der Waals surface area (Å²) in [6, 6.07) is 4.01. The van der Waals surface area contributed by atoms with E-state index in [4.69, 9.17) is 23.2 Å². The Morgan fingerprint density at radius 1 is 1.33 bits per heavy atom. The molecule has 112 valence electrons. The van der Waals surface area contributed by atoms with Crippen molar-refractivity contribution < 1.29 is 18.0 Å². The number of imidazole rings is 1. The number of aromatic nitrogens is 2. The van der Waals surface area contributed by atoms with Gasteiger partial charge in [-0.15, -0.1) is 0 Å². The van der Waals surface area contributed by atoms with E-state index in [1.807, 2.05) is 0 Å². The van der Waals surface area contributed by atoms with Crippen LogP contribution in [0, 0.1) is 0 Å². The molecule has 9 heteroatoms. The fraction of sp³-hybridized carbons (Fsp3) is 0.167. The average molecular weight is 338 g/mol. The third-order valence-electron chi connectivity index (χ3n) is 2.65. The largest absolute Gasteiger partial charge is 0.434 e. The molecule has 0 aliphatic heterocycles. The molecule has 21 heavy (non-hydrogen) atoms. The Bertz CT molecular complexity index is 698. The lowest BCUT2D eigenvalue weighted by molar-refractivity contribution is -0.142. The summed E-state index contributed by atoms with van der Waals surface area (Å²) in [4.78, 5) is 15.1. The van der Waals surface area contributed by atoms with Gasteiger partial charge in [0.1, 0.15) is 6.33 Å². The van der Waals surface area contributed by atoms with Crippen molar-refractivity contribution in [2.24, 2.45) is 0 Å². The molecule has 0 saturated heterocycles. The van der Waals surface area contributed by atoms with Crippen LogP contribution in [-0.4, -0.2) is 22.5 Å². The molecule has 0 spiro atoms. The maximum absolute atomic E-state index is 13.2. The highest BCUT2D eigenvalue weighted by molar-refractivity contribution is 6.35. The highest BCUT2D eigenvalue weighted by Gasteiger charge is 2.40. The summed E-state index contributed by atoms with van der Waals surface area (Å²) < 4.78 is 40.4. The number of hydrogen-bond donors (Lipinski definition) is 1. The number of benzene rings is 1.